The highest BCUT2D eigenvalue weighted by Crippen LogP contribution is 2.39. The van der Waals surface area contributed by atoms with Gasteiger partial charge in [-0.05, 0) is 41.5 Å². The minimum Gasteiger partial charge on any atom is -0.484 e. The monoisotopic (exact) mass is 425 g/mol. The second-order valence-corrected chi connectivity index (χ2v) is 6.68. The Kier molecular flexibility index (Phi) is 6.08. The van der Waals surface area contributed by atoms with Crippen LogP contribution < -0.4 is 10.1 Å². The van der Waals surface area contributed by atoms with Gasteiger partial charge in [0, 0.05) is 27.5 Å². The van der Waals surface area contributed by atoms with Crippen LogP contribution in [0.4, 0.5) is 0 Å². The molecule has 0 aliphatic carbocycles. The zero-order valence-electron chi connectivity index (χ0n) is 11.8. The topological polar surface area (TPSA) is 34.4 Å². The summed E-state index contributed by atoms with van der Waals surface area (Å²) in [5, 5.41) is 4.43. The van der Waals surface area contributed by atoms with Crippen LogP contribution in [0.1, 0.15) is 29.6 Å². The number of benzene rings is 1. The lowest BCUT2D eigenvalue weighted by molar-refractivity contribution is 0.197. The van der Waals surface area contributed by atoms with Gasteiger partial charge in [-0.3, -0.25) is 0 Å². The van der Waals surface area contributed by atoms with Gasteiger partial charge in [-0.2, -0.15) is 0 Å². The maximum absolute atomic E-state index is 6.29. The average molecular weight is 428 g/mol. The molecule has 1 aromatic heterocycles. The molecular weight excluding hydrogens is 412 g/mol. The van der Waals surface area contributed by atoms with E-state index >= 15 is 0 Å². The van der Waals surface area contributed by atoms with E-state index in [1.165, 1.54) is 0 Å². The summed E-state index contributed by atoms with van der Waals surface area (Å²) in [5.41, 5.74) is 1.07. The molecular formula is C15H15BrCl3NO2. The predicted octanol–water partition coefficient (Wildman–Crippen LogP) is 5.69. The molecule has 1 aliphatic rings. The van der Waals surface area contributed by atoms with Crippen molar-refractivity contribution in [3.63, 3.8) is 0 Å². The van der Waals surface area contributed by atoms with Gasteiger partial charge in [0.25, 0.3) is 0 Å². The summed E-state index contributed by atoms with van der Waals surface area (Å²) >= 11 is 15.8. The third-order valence-electron chi connectivity index (χ3n) is 3.41. The number of furan rings is 1. The molecule has 2 heterocycles. The Labute approximate surface area is 153 Å². The van der Waals surface area contributed by atoms with Gasteiger partial charge in [0.2, 0.25) is 0 Å². The van der Waals surface area contributed by atoms with E-state index in [9.17, 15) is 0 Å². The highest BCUT2D eigenvalue weighted by atomic mass is 79.9. The Morgan fingerprint density at radius 3 is 2.86 bits per heavy atom. The summed E-state index contributed by atoms with van der Waals surface area (Å²) < 4.78 is 12.6. The zero-order chi connectivity index (χ0) is 15.0. The number of nitrogens with one attached hydrogen (secondary N) is 1. The molecule has 0 fully saturated rings. The lowest BCUT2D eigenvalue weighted by atomic mass is 10.1. The molecule has 0 saturated heterocycles. The van der Waals surface area contributed by atoms with Crippen molar-refractivity contribution in [1.82, 2.24) is 5.32 Å². The first-order chi connectivity index (χ1) is 10.0. The van der Waals surface area contributed by atoms with Crippen molar-refractivity contribution in [2.24, 2.45) is 0 Å². The van der Waals surface area contributed by atoms with Crippen molar-refractivity contribution < 1.29 is 9.15 Å². The Morgan fingerprint density at radius 1 is 1.32 bits per heavy atom. The molecule has 7 heteroatoms. The van der Waals surface area contributed by atoms with E-state index in [0.717, 1.165) is 41.1 Å². The first kappa shape index (κ1) is 18.0. The minimum absolute atomic E-state index is 0. The normalized spacial score (nSPS) is 17.4. The highest BCUT2D eigenvalue weighted by Gasteiger charge is 2.24. The van der Waals surface area contributed by atoms with Crippen LogP contribution in [-0.2, 0) is 6.54 Å². The quantitative estimate of drug-likeness (QED) is 0.625. The van der Waals surface area contributed by atoms with Crippen molar-refractivity contribution >= 4 is 51.5 Å². The van der Waals surface area contributed by atoms with Crippen LogP contribution in [0.15, 0.2) is 27.1 Å². The van der Waals surface area contributed by atoms with Crippen LogP contribution in [-0.4, -0.2) is 6.54 Å². The summed E-state index contributed by atoms with van der Waals surface area (Å²) in [6, 6.07) is 5.51. The van der Waals surface area contributed by atoms with Gasteiger partial charge in [0.1, 0.15) is 23.4 Å². The molecule has 0 spiro atoms. The summed E-state index contributed by atoms with van der Waals surface area (Å²) in [5.74, 6) is 2.38. The summed E-state index contributed by atoms with van der Waals surface area (Å²) in [6.45, 7) is 3.51. The van der Waals surface area contributed by atoms with Crippen molar-refractivity contribution in [3.8, 4) is 5.75 Å². The van der Waals surface area contributed by atoms with Crippen molar-refractivity contribution in [1.29, 1.82) is 0 Å². The Morgan fingerprint density at radius 2 is 2.09 bits per heavy atom. The van der Waals surface area contributed by atoms with Gasteiger partial charge in [-0.1, -0.05) is 23.2 Å². The lowest BCUT2D eigenvalue weighted by Crippen LogP contribution is -2.14. The van der Waals surface area contributed by atoms with E-state index in [2.05, 4.69) is 21.2 Å². The maximum atomic E-state index is 6.29. The molecule has 22 heavy (non-hydrogen) atoms. The number of fused-ring (bicyclic) bond motifs is 1. The second kappa shape index (κ2) is 7.45. The summed E-state index contributed by atoms with van der Waals surface area (Å²) in [6.07, 6.45) is 0.738. The highest BCUT2D eigenvalue weighted by molar-refractivity contribution is 9.10. The molecule has 1 unspecified atom stereocenters. The van der Waals surface area contributed by atoms with Gasteiger partial charge in [0.15, 0.2) is 0 Å². The maximum Gasteiger partial charge on any atom is 0.141 e. The summed E-state index contributed by atoms with van der Waals surface area (Å²) in [7, 11) is 0. The third kappa shape index (κ3) is 3.74. The molecule has 1 aliphatic heterocycles. The lowest BCUT2D eigenvalue weighted by Gasteiger charge is -2.18. The molecule has 0 radical (unpaired) electrons. The predicted molar refractivity (Wildman–Crippen MR) is 94.5 cm³/mol. The molecule has 1 N–H and O–H groups in total. The van der Waals surface area contributed by atoms with Crippen LogP contribution >= 0.6 is 51.5 Å². The van der Waals surface area contributed by atoms with Crippen LogP contribution in [0.5, 0.6) is 5.75 Å². The largest absolute Gasteiger partial charge is 0.484 e. The van der Waals surface area contributed by atoms with E-state index < -0.39 is 0 Å². The van der Waals surface area contributed by atoms with Gasteiger partial charge >= 0.3 is 0 Å². The van der Waals surface area contributed by atoms with Crippen LogP contribution in [0, 0.1) is 6.92 Å². The number of hydrogen-bond donors (Lipinski definition) is 1. The first-order valence-electron chi connectivity index (χ1n) is 6.65. The molecule has 1 aromatic carbocycles. The standard InChI is InChI=1S/C15H14BrCl2NO2.ClH/c1-8-4-10-12(2-3-19-7-14(10)20-8)21-13-6-9(17)5-11(16)15(13)18;/h4-6,12,19H,2-3,7H2,1H3;1H. The fourth-order valence-electron chi connectivity index (χ4n) is 2.48. The summed E-state index contributed by atoms with van der Waals surface area (Å²) in [4.78, 5) is 0. The van der Waals surface area contributed by atoms with Gasteiger partial charge in [-0.25, -0.2) is 0 Å². The number of aryl methyl sites for hydroxylation is 1. The Balaban J connectivity index is 0.00000176. The van der Waals surface area contributed by atoms with Crippen molar-refractivity contribution in [3.05, 3.63) is 49.8 Å². The number of hydrogen-bond acceptors (Lipinski definition) is 3. The van der Waals surface area contributed by atoms with E-state index in [-0.39, 0.29) is 18.5 Å². The molecule has 0 bridgehead atoms. The van der Waals surface area contributed by atoms with E-state index in [0.29, 0.717) is 15.8 Å². The van der Waals surface area contributed by atoms with Crippen molar-refractivity contribution in [2.75, 3.05) is 6.54 Å². The van der Waals surface area contributed by atoms with Gasteiger partial charge in [0.05, 0.1) is 11.6 Å². The molecule has 1 atom stereocenters. The number of ether oxygens (including phenoxy) is 1. The van der Waals surface area contributed by atoms with E-state index in [4.69, 9.17) is 32.4 Å². The average Bonchev–Trinajstić information content (AvgIpc) is 2.70. The van der Waals surface area contributed by atoms with Crippen LogP contribution in [0.3, 0.4) is 0 Å². The minimum atomic E-state index is -0.102. The number of rotatable bonds is 2. The van der Waals surface area contributed by atoms with Gasteiger partial charge in [-0.15, -0.1) is 12.4 Å². The Hall–Kier alpha value is -0.390. The van der Waals surface area contributed by atoms with E-state index in [1.807, 2.05) is 13.0 Å². The molecule has 2 aromatic rings. The zero-order valence-corrected chi connectivity index (χ0v) is 15.7. The fourth-order valence-corrected chi connectivity index (χ4v) is 3.41. The molecule has 3 rings (SSSR count). The molecule has 3 nitrogen and oxygen atoms in total. The van der Waals surface area contributed by atoms with Crippen LogP contribution in [0.25, 0.3) is 0 Å². The smallest absolute Gasteiger partial charge is 0.141 e. The second-order valence-electron chi connectivity index (χ2n) is 5.01. The molecule has 0 amide bonds. The molecule has 120 valence electrons. The van der Waals surface area contributed by atoms with E-state index in [1.54, 1.807) is 12.1 Å². The van der Waals surface area contributed by atoms with Gasteiger partial charge < -0.3 is 14.5 Å². The van der Waals surface area contributed by atoms with Crippen LogP contribution in [0.2, 0.25) is 10.0 Å². The van der Waals surface area contributed by atoms with Crippen molar-refractivity contribution in [2.45, 2.75) is 26.0 Å². The fraction of sp³-hybridized carbons (Fsp3) is 0.333. The number of halogens is 4. The Bertz CT molecular complexity index is 675. The SMILES string of the molecule is Cc1cc2c(o1)CNCCC2Oc1cc(Cl)cc(Br)c1Cl.Cl. The third-order valence-corrected chi connectivity index (χ3v) is 4.87. The first-order valence-corrected chi connectivity index (χ1v) is 8.20. The molecule has 0 saturated carbocycles.